The van der Waals surface area contributed by atoms with E-state index in [-0.39, 0.29) is 5.91 Å². The van der Waals surface area contributed by atoms with Crippen LogP contribution < -0.4 is 5.32 Å². The summed E-state index contributed by atoms with van der Waals surface area (Å²) in [4.78, 5) is 12.0. The lowest BCUT2D eigenvalue weighted by Crippen LogP contribution is -2.29. The van der Waals surface area contributed by atoms with Crippen LogP contribution in [0.3, 0.4) is 0 Å². The van der Waals surface area contributed by atoms with Crippen molar-refractivity contribution in [2.45, 2.75) is 32.3 Å². The Morgan fingerprint density at radius 3 is 3.10 bits per heavy atom. The summed E-state index contributed by atoms with van der Waals surface area (Å²) in [5, 5.41) is 2.85. The molecule has 2 rings (SSSR count). The normalized spacial score (nSPS) is 22.6. The number of amides is 1. The molecule has 0 aliphatic carbocycles. The number of benzene rings is 1. The summed E-state index contributed by atoms with van der Waals surface area (Å²) in [6, 6.07) is 4.12. The summed E-state index contributed by atoms with van der Waals surface area (Å²) < 4.78 is 19.3. The average molecular weight is 344 g/mol. The molecule has 1 N–H and O–H groups in total. The van der Waals surface area contributed by atoms with Gasteiger partial charge in [-0.15, -0.1) is 0 Å². The van der Waals surface area contributed by atoms with Crippen LogP contribution in [0.15, 0.2) is 22.7 Å². The third-order valence-corrected chi connectivity index (χ3v) is 4.30. The van der Waals surface area contributed by atoms with Gasteiger partial charge in [-0.25, -0.2) is 4.39 Å². The van der Waals surface area contributed by atoms with Crippen molar-refractivity contribution in [3.8, 4) is 0 Å². The first-order valence-corrected chi connectivity index (χ1v) is 7.70. The molecule has 0 aromatic heterocycles. The summed E-state index contributed by atoms with van der Waals surface area (Å²) in [7, 11) is 0. The minimum atomic E-state index is -0.406. The van der Waals surface area contributed by atoms with Crippen LogP contribution in [0.25, 0.3) is 0 Å². The molecule has 0 saturated carbocycles. The van der Waals surface area contributed by atoms with Crippen LogP contribution in [-0.2, 0) is 4.74 Å². The minimum Gasteiger partial charge on any atom is -0.378 e. The van der Waals surface area contributed by atoms with Gasteiger partial charge in [-0.1, -0.05) is 0 Å². The summed E-state index contributed by atoms with van der Waals surface area (Å²) >= 11 is 3.26. The minimum absolute atomic E-state index is 0.239. The highest BCUT2D eigenvalue weighted by Gasteiger charge is 2.19. The van der Waals surface area contributed by atoms with E-state index < -0.39 is 5.82 Å². The number of carbonyl (C=O) groups excluding carboxylic acids is 1. The highest BCUT2D eigenvalue weighted by Crippen LogP contribution is 2.22. The maximum atomic E-state index is 13.1. The Bertz CT molecular complexity index is 481. The van der Waals surface area contributed by atoms with Gasteiger partial charge in [-0.05, 0) is 66.2 Å². The fourth-order valence-electron chi connectivity index (χ4n) is 2.51. The summed E-state index contributed by atoms with van der Waals surface area (Å²) in [5.74, 6) is -0.0527. The first kappa shape index (κ1) is 15.4. The Kier molecular flexibility index (Phi) is 5.54. The van der Waals surface area contributed by atoms with Crippen molar-refractivity contribution in [3.63, 3.8) is 0 Å². The van der Waals surface area contributed by atoms with Gasteiger partial charge in [0.2, 0.25) is 0 Å². The van der Waals surface area contributed by atoms with Crippen LogP contribution in [-0.4, -0.2) is 25.2 Å². The van der Waals surface area contributed by atoms with E-state index in [4.69, 9.17) is 4.74 Å². The third kappa shape index (κ3) is 4.28. The molecule has 0 spiro atoms. The number of hydrogen-bond acceptors (Lipinski definition) is 2. The molecule has 1 aromatic rings. The second-order valence-corrected chi connectivity index (χ2v) is 6.09. The average Bonchev–Trinajstić information content (AvgIpc) is 2.41. The van der Waals surface area contributed by atoms with Gasteiger partial charge in [0.25, 0.3) is 5.91 Å². The fourth-order valence-corrected chi connectivity index (χ4v) is 2.94. The lowest BCUT2D eigenvalue weighted by Gasteiger charge is -2.27. The molecule has 1 amide bonds. The van der Waals surface area contributed by atoms with Crippen molar-refractivity contribution < 1.29 is 13.9 Å². The number of hydrogen-bond donors (Lipinski definition) is 1. The second-order valence-electron chi connectivity index (χ2n) is 5.24. The molecule has 0 bridgehead atoms. The molecular formula is C15H19BrFNO2. The summed E-state index contributed by atoms with van der Waals surface area (Å²) in [5.41, 5.74) is 0.338. The number of nitrogens with one attached hydrogen (secondary N) is 1. The van der Waals surface area contributed by atoms with E-state index in [2.05, 4.69) is 28.2 Å². The molecule has 110 valence electrons. The van der Waals surface area contributed by atoms with Crippen LogP contribution in [0.4, 0.5) is 4.39 Å². The van der Waals surface area contributed by atoms with Crippen molar-refractivity contribution >= 4 is 21.8 Å². The number of halogens is 2. The van der Waals surface area contributed by atoms with Crippen LogP contribution in [0.2, 0.25) is 0 Å². The van der Waals surface area contributed by atoms with Gasteiger partial charge in [0.1, 0.15) is 5.82 Å². The van der Waals surface area contributed by atoms with E-state index in [0.29, 0.717) is 28.6 Å². The molecule has 0 unspecified atom stereocenters. The standard InChI is InChI=1S/C15H19BrFNO2/c1-10-8-11(5-7-20-10)4-6-18-15(19)13-9-12(17)2-3-14(13)16/h2-3,9-11H,4-8H2,1H3,(H,18,19)/t10-,11+/m0/s1. The Morgan fingerprint density at radius 2 is 2.35 bits per heavy atom. The zero-order valence-electron chi connectivity index (χ0n) is 11.5. The lowest BCUT2D eigenvalue weighted by molar-refractivity contribution is 0.00109. The molecule has 3 nitrogen and oxygen atoms in total. The fraction of sp³-hybridized carbons (Fsp3) is 0.533. The SMILES string of the molecule is C[C@H]1C[C@H](CCNC(=O)c2cc(F)ccc2Br)CCO1. The molecule has 5 heteroatoms. The largest absolute Gasteiger partial charge is 0.378 e. The van der Waals surface area contributed by atoms with Gasteiger partial charge in [0.05, 0.1) is 11.7 Å². The smallest absolute Gasteiger partial charge is 0.252 e. The van der Waals surface area contributed by atoms with Crippen LogP contribution in [0.1, 0.15) is 36.5 Å². The van der Waals surface area contributed by atoms with E-state index >= 15 is 0 Å². The number of carbonyl (C=O) groups is 1. The van der Waals surface area contributed by atoms with E-state index in [9.17, 15) is 9.18 Å². The lowest BCUT2D eigenvalue weighted by atomic mass is 9.93. The molecule has 1 aliphatic heterocycles. The van der Waals surface area contributed by atoms with Crippen LogP contribution >= 0.6 is 15.9 Å². The molecule has 1 saturated heterocycles. The van der Waals surface area contributed by atoms with E-state index in [1.54, 1.807) is 6.07 Å². The van der Waals surface area contributed by atoms with Crippen molar-refractivity contribution in [1.29, 1.82) is 0 Å². The molecule has 1 fully saturated rings. The van der Waals surface area contributed by atoms with Gasteiger partial charge in [0.15, 0.2) is 0 Å². The molecule has 2 atom stereocenters. The maximum absolute atomic E-state index is 13.1. The second kappa shape index (κ2) is 7.18. The number of ether oxygens (including phenoxy) is 1. The third-order valence-electron chi connectivity index (χ3n) is 3.60. The van der Waals surface area contributed by atoms with Crippen molar-refractivity contribution in [2.75, 3.05) is 13.2 Å². The quantitative estimate of drug-likeness (QED) is 0.908. The predicted molar refractivity (Wildman–Crippen MR) is 79.2 cm³/mol. The highest BCUT2D eigenvalue weighted by molar-refractivity contribution is 9.10. The van der Waals surface area contributed by atoms with E-state index in [0.717, 1.165) is 25.9 Å². The molecule has 20 heavy (non-hydrogen) atoms. The zero-order chi connectivity index (χ0) is 14.5. The molecule has 0 radical (unpaired) electrons. The first-order chi connectivity index (χ1) is 9.56. The monoisotopic (exact) mass is 343 g/mol. The first-order valence-electron chi connectivity index (χ1n) is 6.91. The van der Waals surface area contributed by atoms with Gasteiger partial charge in [-0.2, -0.15) is 0 Å². The van der Waals surface area contributed by atoms with Crippen molar-refractivity contribution in [2.24, 2.45) is 5.92 Å². The molecular weight excluding hydrogens is 325 g/mol. The van der Waals surface area contributed by atoms with E-state index in [1.807, 2.05) is 0 Å². The Morgan fingerprint density at radius 1 is 1.55 bits per heavy atom. The molecule has 1 aromatic carbocycles. The zero-order valence-corrected chi connectivity index (χ0v) is 13.1. The summed E-state index contributed by atoms with van der Waals surface area (Å²) in [6.07, 6.45) is 3.33. The molecule has 1 heterocycles. The van der Waals surface area contributed by atoms with E-state index in [1.165, 1.54) is 12.1 Å². The van der Waals surface area contributed by atoms with Gasteiger partial charge < -0.3 is 10.1 Å². The Balaban J connectivity index is 1.81. The van der Waals surface area contributed by atoms with Crippen molar-refractivity contribution in [3.05, 3.63) is 34.1 Å². The maximum Gasteiger partial charge on any atom is 0.252 e. The number of rotatable bonds is 4. The van der Waals surface area contributed by atoms with Gasteiger partial charge in [0, 0.05) is 17.6 Å². The topological polar surface area (TPSA) is 38.3 Å². The van der Waals surface area contributed by atoms with Crippen molar-refractivity contribution in [1.82, 2.24) is 5.32 Å². The Hall–Kier alpha value is -0.940. The van der Waals surface area contributed by atoms with Crippen LogP contribution in [0.5, 0.6) is 0 Å². The summed E-state index contributed by atoms with van der Waals surface area (Å²) in [6.45, 7) is 3.49. The van der Waals surface area contributed by atoms with Gasteiger partial charge >= 0.3 is 0 Å². The van der Waals surface area contributed by atoms with Gasteiger partial charge in [-0.3, -0.25) is 4.79 Å². The molecule has 1 aliphatic rings. The predicted octanol–water partition coefficient (Wildman–Crippen LogP) is 3.52. The highest BCUT2D eigenvalue weighted by atomic mass is 79.9. The Labute approximate surface area is 127 Å². The van der Waals surface area contributed by atoms with Crippen LogP contribution in [0, 0.1) is 11.7 Å².